The van der Waals surface area contributed by atoms with E-state index in [1.807, 2.05) is 6.92 Å². The number of carboxylic acid groups (broad SMARTS) is 1. The Labute approximate surface area is 167 Å². The molecule has 4 nitrogen and oxygen atoms in total. The first-order chi connectivity index (χ1) is 13.5. The zero-order chi connectivity index (χ0) is 20.1. The van der Waals surface area contributed by atoms with Gasteiger partial charge in [0.25, 0.3) is 0 Å². The molecule has 0 spiro atoms. The van der Waals surface area contributed by atoms with E-state index in [4.69, 9.17) is 16.3 Å². The summed E-state index contributed by atoms with van der Waals surface area (Å²) in [5.74, 6) is -0.810. The Morgan fingerprint density at radius 2 is 1.89 bits per heavy atom. The summed E-state index contributed by atoms with van der Waals surface area (Å²) in [6.07, 6.45) is 1.11. The Balaban J connectivity index is 2.04. The number of carboxylic acids is 1. The minimum Gasteiger partial charge on any atom is -0.493 e. The number of benzene rings is 2. The maximum atomic E-state index is 13.2. The molecular weight excluding hydrogens is 381 g/mol. The van der Waals surface area contributed by atoms with Crippen LogP contribution in [0.4, 0.5) is 4.39 Å². The van der Waals surface area contributed by atoms with Crippen LogP contribution in [0, 0.1) is 5.82 Å². The van der Waals surface area contributed by atoms with E-state index in [0.717, 1.165) is 17.5 Å². The summed E-state index contributed by atoms with van der Waals surface area (Å²) in [4.78, 5) is 16.2. The average molecular weight is 400 g/mol. The fourth-order valence-electron chi connectivity index (χ4n) is 2.82. The number of rotatable bonds is 7. The summed E-state index contributed by atoms with van der Waals surface area (Å²) in [5.41, 5.74) is 2.60. The first-order valence-electron chi connectivity index (χ1n) is 8.88. The van der Waals surface area contributed by atoms with E-state index in [2.05, 4.69) is 4.98 Å². The van der Waals surface area contributed by atoms with E-state index in [1.165, 1.54) is 18.2 Å². The maximum Gasteiger partial charge on any atom is 0.337 e. The third-order valence-corrected chi connectivity index (χ3v) is 4.41. The quantitative estimate of drug-likeness (QED) is 0.560. The lowest BCUT2D eigenvalue weighted by Crippen LogP contribution is -2.07. The molecule has 144 valence electrons. The number of nitrogens with zero attached hydrogens (tertiary/aromatic N) is 1. The van der Waals surface area contributed by atoms with Crippen molar-refractivity contribution in [3.05, 3.63) is 82.3 Å². The highest BCUT2D eigenvalue weighted by molar-refractivity contribution is 6.30. The van der Waals surface area contributed by atoms with Gasteiger partial charge in [-0.1, -0.05) is 30.7 Å². The molecule has 3 rings (SSSR count). The van der Waals surface area contributed by atoms with Gasteiger partial charge in [0.1, 0.15) is 11.6 Å². The van der Waals surface area contributed by atoms with Crippen LogP contribution in [0.2, 0.25) is 5.02 Å². The van der Waals surface area contributed by atoms with Crippen LogP contribution in [-0.4, -0.2) is 22.7 Å². The van der Waals surface area contributed by atoms with Gasteiger partial charge in [0.2, 0.25) is 0 Å². The van der Waals surface area contributed by atoms with Crippen LogP contribution < -0.4 is 4.74 Å². The Morgan fingerprint density at radius 3 is 2.57 bits per heavy atom. The summed E-state index contributed by atoms with van der Waals surface area (Å²) >= 11 is 6.09. The van der Waals surface area contributed by atoms with Crippen LogP contribution in [-0.2, 0) is 6.42 Å². The second-order valence-corrected chi connectivity index (χ2v) is 6.72. The molecule has 0 saturated heterocycles. The Kier molecular flexibility index (Phi) is 6.26. The Hall–Kier alpha value is -2.92. The van der Waals surface area contributed by atoms with Gasteiger partial charge in [0.05, 0.1) is 23.6 Å². The van der Waals surface area contributed by atoms with Crippen molar-refractivity contribution in [2.75, 3.05) is 6.61 Å². The van der Waals surface area contributed by atoms with Gasteiger partial charge in [-0.15, -0.1) is 0 Å². The summed E-state index contributed by atoms with van der Waals surface area (Å²) < 4.78 is 19.0. The largest absolute Gasteiger partial charge is 0.493 e. The normalized spacial score (nSPS) is 10.7. The predicted octanol–water partition coefficient (Wildman–Crippen LogP) is 5.62. The molecule has 3 aromatic rings. The van der Waals surface area contributed by atoms with Crippen molar-refractivity contribution >= 4 is 17.6 Å². The highest BCUT2D eigenvalue weighted by Crippen LogP contribution is 2.32. The van der Waals surface area contributed by atoms with Gasteiger partial charge in [0.15, 0.2) is 0 Å². The average Bonchev–Trinajstić information content (AvgIpc) is 2.68. The molecule has 1 heterocycles. The second-order valence-electron chi connectivity index (χ2n) is 6.29. The molecule has 0 aliphatic carbocycles. The lowest BCUT2D eigenvalue weighted by Gasteiger charge is -2.13. The number of carbonyl (C=O) groups is 1. The molecule has 0 atom stereocenters. The van der Waals surface area contributed by atoms with Gasteiger partial charge in [-0.25, -0.2) is 9.18 Å². The van der Waals surface area contributed by atoms with Crippen LogP contribution in [0.1, 0.15) is 35.0 Å². The van der Waals surface area contributed by atoms with Crippen molar-refractivity contribution in [3.63, 3.8) is 0 Å². The minimum absolute atomic E-state index is 0.109. The van der Waals surface area contributed by atoms with Gasteiger partial charge in [-0.3, -0.25) is 4.98 Å². The Bertz CT molecular complexity index is 990. The SMILES string of the molecule is CCCOc1cc(Cl)ccc1-c1ccc(C(=O)O)c(Cc2ccc(F)cc2)n1. The third-order valence-electron chi connectivity index (χ3n) is 4.17. The molecule has 6 heteroatoms. The molecule has 28 heavy (non-hydrogen) atoms. The molecule has 0 radical (unpaired) electrons. The van der Waals surface area contributed by atoms with E-state index < -0.39 is 5.97 Å². The van der Waals surface area contributed by atoms with Crippen LogP contribution >= 0.6 is 11.6 Å². The third kappa shape index (κ3) is 4.67. The van der Waals surface area contributed by atoms with Crippen LogP contribution in [0.5, 0.6) is 5.75 Å². The molecule has 0 saturated carbocycles. The number of hydrogen-bond acceptors (Lipinski definition) is 3. The number of hydrogen-bond donors (Lipinski definition) is 1. The van der Waals surface area contributed by atoms with E-state index in [0.29, 0.717) is 28.8 Å². The van der Waals surface area contributed by atoms with Crippen LogP contribution in [0.15, 0.2) is 54.6 Å². The molecule has 0 amide bonds. The number of halogens is 2. The van der Waals surface area contributed by atoms with Crippen LogP contribution in [0.25, 0.3) is 11.3 Å². The molecule has 0 unspecified atom stereocenters. The molecule has 0 bridgehead atoms. The van der Waals surface area contributed by atoms with Crippen molar-refractivity contribution in [1.29, 1.82) is 0 Å². The summed E-state index contributed by atoms with van der Waals surface area (Å²) in [6.45, 7) is 2.54. The fraction of sp³-hybridized carbons (Fsp3) is 0.182. The zero-order valence-corrected chi connectivity index (χ0v) is 16.0. The predicted molar refractivity (Wildman–Crippen MR) is 107 cm³/mol. The van der Waals surface area contributed by atoms with Crippen LogP contribution in [0.3, 0.4) is 0 Å². The number of ether oxygens (including phenoxy) is 1. The molecule has 0 aliphatic rings. The molecule has 1 N–H and O–H groups in total. The number of aromatic nitrogens is 1. The minimum atomic E-state index is -1.06. The van der Waals surface area contributed by atoms with Crippen molar-refractivity contribution in [3.8, 4) is 17.0 Å². The highest BCUT2D eigenvalue weighted by Gasteiger charge is 2.16. The lowest BCUT2D eigenvalue weighted by molar-refractivity contribution is 0.0695. The topological polar surface area (TPSA) is 59.4 Å². The van der Waals surface area contributed by atoms with Crippen molar-refractivity contribution < 1.29 is 19.0 Å². The molecule has 0 fully saturated rings. The van der Waals surface area contributed by atoms with E-state index >= 15 is 0 Å². The van der Waals surface area contributed by atoms with Gasteiger partial charge in [-0.05, 0) is 54.4 Å². The van der Waals surface area contributed by atoms with E-state index in [-0.39, 0.29) is 17.8 Å². The smallest absolute Gasteiger partial charge is 0.337 e. The van der Waals surface area contributed by atoms with Crippen molar-refractivity contribution in [1.82, 2.24) is 4.98 Å². The monoisotopic (exact) mass is 399 g/mol. The zero-order valence-electron chi connectivity index (χ0n) is 15.3. The maximum absolute atomic E-state index is 13.2. The number of pyridine rings is 1. The van der Waals surface area contributed by atoms with Gasteiger partial charge < -0.3 is 9.84 Å². The molecule has 0 aliphatic heterocycles. The van der Waals surface area contributed by atoms with Gasteiger partial charge in [-0.2, -0.15) is 0 Å². The summed E-state index contributed by atoms with van der Waals surface area (Å²) in [6, 6.07) is 14.4. The molecular formula is C22H19ClFNO3. The van der Waals surface area contributed by atoms with Gasteiger partial charge in [0, 0.05) is 17.0 Å². The van der Waals surface area contributed by atoms with E-state index in [9.17, 15) is 14.3 Å². The molecule has 2 aromatic carbocycles. The first kappa shape index (κ1) is 19.8. The first-order valence-corrected chi connectivity index (χ1v) is 9.26. The second kappa shape index (κ2) is 8.85. The fourth-order valence-corrected chi connectivity index (χ4v) is 2.98. The highest BCUT2D eigenvalue weighted by atomic mass is 35.5. The summed E-state index contributed by atoms with van der Waals surface area (Å²) in [5, 5.41) is 10.1. The lowest BCUT2D eigenvalue weighted by atomic mass is 10.0. The Morgan fingerprint density at radius 1 is 1.14 bits per heavy atom. The van der Waals surface area contributed by atoms with Crippen molar-refractivity contribution in [2.45, 2.75) is 19.8 Å². The van der Waals surface area contributed by atoms with E-state index in [1.54, 1.807) is 36.4 Å². The molecule has 1 aromatic heterocycles. The standard InChI is InChI=1S/C22H19ClFNO3/c1-2-11-28-21-13-15(23)5-8-17(21)19-10-9-18(22(26)27)20(25-19)12-14-3-6-16(24)7-4-14/h3-10,13H,2,11-12H2,1H3,(H,26,27). The summed E-state index contributed by atoms with van der Waals surface area (Å²) in [7, 11) is 0. The number of aromatic carboxylic acids is 1. The van der Waals surface area contributed by atoms with Gasteiger partial charge >= 0.3 is 5.97 Å². The van der Waals surface area contributed by atoms with Crippen molar-refractivity contribution in [2.24, 2.45) is 0 Å².